The monoisotopic (exact) mass is 532 g/mol. The van der Waals surface area contributed by atoms with E-state index in [4.69, 9.17) is 16.3 Å². The SMILES string of the molecule is COc1ccc2ncc(Cl)c([C@@H](O)CCC3(CO)CCN(CCCSc4cccc(F)c4)CC3)c2c1. The van der Waals surface area contributed by atoms with E-state index in [0.717, 1.165) is 66.9 Å². The summed E-state index contributed by atoms with van der Waals surface area (Å²) in [6, 6.07) is 12.3. The molecule has 2 aromatic carbocycles. The minimum atomic E-state index is -0.753. The lowest BCUT2D eigenvalue weighted by Crippen LogP contribution is -2.42. The Balaban J connectivity index is 1.29. The van der Waals surface area contributed by atoms with Gasteiger partial charge in [-0.1, -0.05) is 17.7 Å². The quantitative estimate of drug-likeness (QED) is 0.229. The van der Waals surface area contributed by atoms with Crippen molar-refractivity contribution in [1.29, 1.82) is 0 Å². The van der Waals surface area contributed by atoms with Gasteiger partial charge in [0, 0.05) is 28.6 Å². The van der Waals surface area contributed by atoms with Crippen LogP contribution in [0, 0.1) is 11.2 Å². The van der Waals surface area contributed by atoms with Gasteiger partial charge in [-0.2, -0.15) is 0 Å². The molecule has 0 saturated carbocycles. The van der Waals surface area contributed by atoms with Crippen LogP contribution in [-0.2, 0) is 0 Å². The van der Waals surface area contributed by atoms with E-state index in [2.05, 4.69) is 9.88 Å². The third-order valence-electron chi connectivity index (χ3n) is 7.29. The van der Waals surface area contributed by atoms with Gasteiger partial charge < -0.3 is 19.8 Å². The van der Waals surface area contributed by atoms with E-state index in [0.29, 0.717) is 22.8 Å². The summed E-state index contributed by atoms with van der Waals surface area (Å²) in [4.78, 5) is 7.78. The fraction of sp³-hybridized carbons (Fsp3) is 0.464. The first kappa shape index (κ1) is 27.1. The number of aromatic nitrogens is 1. The highest BCUT2D eigenvalue weighted by Crippen LogP contribution is 2.40. The Labute approximate surface area is 221 Å². The molecule has 0 aliphatic carbocycles. The second kappa shape index (κ2) is 12.6. The van der Waals surface area contributed by atoms with Crippen LogP contribution in [0.5, 0.6) is 5.75 Å². The van der Waals surface area contributed by atoms with Crippen molar-refractivity contribution in [2.45, 2.75) is 43.1 Å². The van der Waals surface area contributed by atoms with E-state index in [-0.39, 0.29) is 17.8 Å². The van der Waals surface area contributed by atoms with Gasteiger partial charge in [0.05, 0.1) is 23.8 Å². The normalized spacial score (nSPS) is 16.8. The summed E-state index contributed by atoms with van der Waals surface area (Å²) in [6.07, 6.45) is 4.89. The summed E-state index contributed by atoms with van der Waals surface area (Å²) < 4.78 is 18.7. The topological polar surface area (TPSA) is 65.8 Å². The second-order valence-electron chi connectivity index (χ2n) is 9.62. The van der Waals surface area contributed by atoms with Crippen molar-refractivity contribution in [1.82, 2.24) is 9.88 Å². The molecule has 1 aliphatic heterocycles. The molecule has 1 saturated heterocycles. The number of pyridine rings is 1. The minimum Gasteiger partial charge on any atom is -0.497 e. The highest BCUT2D eigenvalue weighted by Gasteiger charge is 2.34. The average molecular weight is 533 g/mol. The predicted molar refractivity (Wildman–Crippen MR) is 144 cm³/mol. The number of aliphatic hydroxyl groups is 2. The number of likely N-dealkylation sites (tertiary alicyclic amines) is 1. The molecule has 36 heavy (non-hydrogen) atoms. The number of fused-ring (bicyclic) bond motifs is 1. The number of rotatable bonds is 11. The molecule has 2 heterocycles. The maximum atomic E-state index is 13.3. The Kier molecular flexibility index (Phi) is 9.47. The number of piperidine rings is 1. The number of ether oxygens (including phenoxy) is 1. The Morgan fingerprint density at radius 2 is 2.03 bits per heavy atom. The van der Waals surface area contributed by atoms with E-state index >= 15 is 0 Å². The first-order valence-corrected chi connectivity index (χ1v) is 13.8. The molecule has 1 aliphatic rings. The zero-order valence-electron chi connectivity index (χ0n) is 20.6. The Bertz CT molecular complexity index is 1160. The van der Waals surface area contributed by atoms with Crippen molar-refractivity contribution in [3.8, 4) is 5.75 Å². The van der Waals surface area contributed by atoms with Gasteiger partial charge in [-0.3, -0.25) is 4.98 Å². The van der Waals surface area contributed by atoms with Crippen molar-refractivity contribution in [2.24, 2.45) is 5.41 Å². The summed E-state index contributed by atoms with van der Waals surface area (Å²) in [5.41, 5.74) is 1.23. The molecule has 0 amide bonds. The van der Waals surface area contributed by atoms with Crippen molar-refractivity contribution in [3.05, 3.63) is 65.1 Å². The number of halogens is 2. The fourth-order valence-corrected chi connectivity index (χ4v) is 6.15. The van der Waals surface area contributed by atoms with E-state index in [9.17, 15) is 14.6 Å². The highest BCUT2D eigenvalue weighted by atomic mass is 35.5. The minimum absolute atomic E-state index is 0.113. The lowest BCUT2D eigenvalue weighted by atomic mass is 9.74. The molecule has 1 atom stereocenters. The van der Waals surface area contributed by atoms with Gasteiger partial charge in [-0.15, -0.1) is 11.8 Å². The molecule has 3 aromatic rings. The van der Waals surface area contributed by atoms with Crippen LogP contribution >= 0.6 is 23.4 Å². The van der Waals surface area contributed by atoms with E-state index in [1.807, 2.05) is 24.3 Å². The molecule has 0 spiro atoms. The maximum Gasteiger partial charge on any atom is 0.124 e. The zero-order chi connectivity index (χ0) is 25.5. The third-order valence-corrected chi connectivity index (χ3v) is 8.67. The molecule has 8 heteroatoms. The van der Waals surface area contributed by atoms with Crippen molar-refractivity contribution < 1.29 is 19.3 Å². The standard InChI is InChI=1S/C28H34ClFN2O3S/c1-35-21-6-7-25-23(17-21)27(24(29)18-31-25)26(34)8-9-28(19-33)10-13-32(14-11-28)12-3-15-36-22-5-2-4-20(30)16-22/h2,4-7,16-18,26,33-34H,3,8-15,19H2,1H3/t26-/m0/s1. The Hall–Kier alpha value is -1.90. The zero-order valence-corrected chi connectivity index (χ0v) is 22.2. The van der Waals surface area contributed by atoms with Gasteiger partial charge in [0.2, 0.25) is 0 Å². The predicted octanol–water partition coefficient (Wildman–Crippen LogP) is 6.11. The molecule has 194 valence electrons. The van der Waals surface area contributed by atoms with Crippen molar-refractivity contribution in [2.75, 3.05) is 39.1 Å². The van der Waals surface area contributed by atoms with E-state index in [1.54, 1.807) is 37.2 Å². The van der Waals surface area contributed by atoms with Gasteiger partial charge >= 0.3 is 0 Å². The number of hydrogen-bond donors (Lipinski definition) is 2. The van der Waals surface area contributed by atoms with Crippen LogP contribution in [0.2, 0.25) is 5.02 Å². The molecule has 1 fully saturated rings. The maximum absolute atomic E-state index is 13.3. The number of methoxy groups -OCH3 is 1. The van der Waals surface area contributed by atoms with Crippen LogP contribution in [0.1, 0.15) is 43.8 Å². The summed E-state index contributed by atoms with van der Waals surface area (Å²) in [5, 5.41) is 22.6. The molecule has 4 rings (SSSR count). The molecule has 0 bridgehead atoms. The van der Waals surface area contributed by atoms with Gasteiger partial charge in [-0.05, 0) is 99.3 Å². The van der Waals surface area contributed by atoms with E-state index < -0.39 is 6.10 Å². The number of benzene rings is 2. The van der Waals surface area contributed by atoms with Gasteiger partial charge in [0.25, 0.3) is 0 Å². The smallest absolute Gasteiger partial charge is 0.124 e. The number of aliphatic hydroxyl groups excluding tert-OH is 2. The fourth-order valence-electron chi connectivity index (χ4n) is 4.99. The largest absolute Gasteiger partial charge is 0.497 e. The van der Waals surface area contributed by atoms with Crippen molar-refractivity contribution in [3.63, 3.8) is 0 Å². The number of hydrogen-bond acceptors (Lipinski definition) is 6. The molecule has 1 aromatic heterocycles. The lowest BCUT2D eigenvalue weighted by molar-refractivity contribution is 0.0238. The summed E-state index contributed by atoms with van der Waals surface area (Å²) >= 11 is 8.15. The second-order valence-corrected chi connectivity index (χ2v) is 11.2. The third kappa shape index (κ3) is 6.69. The summed E-state index contributed by atoms with van der Waals surface area (Å²) in [7, 11) is 1.61. The van der Waals surface area contributed by atoms with E-state index in [1.165, 1.54) is 6.07 Å². The van der Waals surface area contributed by atoms with Crippen LogP contribution in [0.25, 0.3) is 10.9 Å². The van der Waals surface area contributed by atoms with Gasteiger partial charge in [0.15, 0.2) is 0 Å². The van der Waals surface area contributed by atoms with Crippen LogP contribution < -0.4 is 4.74 Å². The molecule has 0 radical (unpaired) electrons. The molecule has 5 nitrogen and oxygen atoms in total. The molecule has 2 N–H and O–H groups in total. The van der Waals surface area contributed by atoms with Crippen LogP contribution in [0.3, 0.4) is 0 Å². The molecule has 0 unspecified atom stereocenters. The summed E-state index contributed by atoms with van der Waals surface area (Å²) in [5.74, 6) is 1.44. The Morgan fingerprint density at radius 1 is 1.22 bits per heavy atom. The molecular formula is C28H34ClFN2O3S. The summed E-state index contributed by atoms with van der Waals surface area (Å²) in [6.45, 7) is 2.96. The lowest BCUT2D eigenvalue weighted by Gasteiger charge is -2.41. The van der Waals surface area contributed by atoms with Gasteiger partial charge in [0.1, 0.15) is 11.6 Å². The van der Waals surface area contributed by atoms with Crippen LogP contribution in [0.15, 0.2) is 53.6 Å². The highest BCUT2D eigenvalue weighted by molar-refractivity contribution is 7.99. The average Bonchev–Trinajstić information content (AvgIpc) is 2.90. The first-order valence-electron chi connectivity index (χ1n) is 12.4. The molecular weight excluding hydrogens is 499 g/mol. The van der Waals surface area contributed by atoms with Crippen LogP contribution in [0.4, 0.5) is 4.39 Å². The van der Waals surface area contributed by atoms with Crippen LogP contribution in [-0.4, -0.2) is 59.2 Å². The van der Waals surface area contributed by atoms with Crippen molar-refractivity contribution >= 4 is 34.3 Å². The van der Waals surface area contributed by atoms with Gasteiger partial charge in [-0.25, -0.2) is 4.39 Å². The number of nitrogens with zero attached hydrogens (tertiary/aromatic N) is 2. The Morgan fingerprint density at radius 3 is 2.75 bits per heavy atom. The number of thioether (sulfide) groups is 1. The first-order chi connectivity index (χ1) is 17.4.